The van der Waals surface area contributed by atoms with E-state index in [9.17, 15) is 18.0 Å². The number of alkyl halides is 3. The second-order valence-electron chi connectivity index (χ2n) is 5.26. The van der Waals surface area contributed by atoms with Crippen LogP contribution in [0.15, 0.2) is 58.8 Å². The molecule has 0 fully saturated rings. The molecule has 0 unspecified atom stereocenters. The lowest BCUT2D eigenvalue weighted by molar-refractivity contribution is -0.137. The van der Waals surface area contributed by atoms with E-state index >= 15 is 0 Å². The molecule has 26 heavy (non-hydrogen) atoms. The van der Waals surface area contributed by atoms with Crippen LogP contribution in [0.2, 0.25) is 0 Å². The van der Waals surface area contributed by atoms with Crippen molar-refractivity contribution in [3.63, 3.8) is 0 Å². The molecular formula is C18H13F3N2OS2. The summed E-state index contributed by atoms with van der Waals surface area (Å²) >= 11 is 2.78. The molecule has 0 atom stereocenters. The third kappa shape index (κ3) is 4.08. The Morgan fingerprint density at radius 2 is 1.81 bits per heavy atom. The molecule has 1 aromatic heterocycles. The normalized spacial score (nSPS) is 11.4. The number of thioether (sulfide) groups is 1. The monoisotopic (exact) mass is 394 g/mol. The van der Waals surface area contributed by atoms with Crippen LogP contribution in [0.3, 0.4) is 0 Å². The maximum Gasteiger partial charge on any atom is 0.417 e. The van der Waals surface area contributed by atoms with Gasteiger partial charge in [-0.1, -0.05) is 24.3 Å². The van der Waals surface area contributed by atoms with E-state index in [0.717, 1.165) is 33.9 Å². The Bertz CT molecular complexity index is 921. The lowest BCUT2D eigenvalue weighted by Crippen LogP contribution is -2.18. The minimum absolute atomic E-state index is 0.246. The van der Waals surface area contributed by atoms with E-state index in [1.54, 1.807) is 17.1 Å². The first-order chi connectivity index (χ1) is 12.4. The zero-order valence-electron chi connectivity index (χ0n) is 13.5. The number of benzene rings is 2. The zero-order valence-corrected chi connectivity index (χ0v) is 15.1. The van der Waals surface area contributed by atoms with Gasteiger partial charge < -0.3 is 0 Å². The fourth-order valence-electron chi connectivity index (χ4n) is 2.32. The summed E-state index contributed by atoms with van der Waals surface area (Å²) in [6.07, 6.45) is -2.62. The smallest absolute Gasteiger partial charge is 0.298 e. The van der Waals surface area contributed by atoms with Crippen LogP contribution in [-0.4, -0.2) is 17.1 Å². The molecule has 134 valence electrons. The highest BCUT2D eigenvalue weighted by molar-refractivity contribution is 7.98. The Hall–Kier alpha value is -2.32. The highest BCUT2D eigenvalue weighted by Crippen LogP contribution is 2.33. The molecular weight excluding hydrogens is 381 g/mol. The van der Waals surface area contributed by atoms with Crippen LogP contribution in [-0.2, 0) is 6.18 Å². The SMILES string of the molecule is CSc1ccc(-c2csc(NC(=O)c3ccccc3C(F)(F)F)n2)cc1. The quantitative estimate of drug-likeness (QED) is 0.569. The Labute approximate surface area is 156 Å². The molecule has 0 bridgehead atoms. The molecule has 3 aromatic rings. The molecule has 8 heteroatoms. The van der Waals surface area contributed by atoms with Gasteiger partial charge in [0.2, 0.25) is 0 Å². The van der Waals surface area contributed by atoms with Gasteiger partial charge in [-0.15, -0.1) is 23.1 Å². The van der Waals surface area contributed by atoms with Crippen LogP contribution in [0.25, 0.3) is 11.3 Å². The van der Waals surface area contributed by atoms with E-state index in [2.05, 4.69) is 10.3 Å². The largest absolute Gasteiger partial charge is 0.417 e. The molecule has 0 radical (unpaired) electrons. The Morgan fingerprint density at radius 1 is 1.12 bits per heavy atom. The van der Waals surface area contributed by atoms with Crippen molar-refractivity contribution in [3.8, 4) is 11.3 Å². The molecule has 1 N–H and O–H groups in total. The number of carbonyl (C=O) groups excluding carboxylic acids is 1. The van der Waals surface area contributed by atoms with E-state index in [1.807, 2.05) is 30.5 Å². The van der Waals surface area contributed by atoms with E-state index in [0.29, 0.717) is 5.69 Å². The van der Waals surface area contributed by atoms with Gasteiger partial charge in [0.25, 0.3) is 5.91 Å². The first kappa shape index (κ1) is 18.5. The molecule has 3 nitrogen and oxygen atoms in total. The van der Waals surface area contributed by atoms with Gasteiger partial charge in [0.05, 0.1) is 16.8 Å². The summed E-state index contributed by atoms with van der Waals surface area (Å²) in [5.74, 6) is -0.837. The lowest BCUT2D eigenvalue weighted by Gasteiger charge is -2.11. The van der Waals surface area contributed by atoms with E-state index in [-0.39, 0.29) is 5.13 Å². The van der Waals surface area contributed by atoms with Crippen molar-refractivity contribution in [1.82, 2.24) is 4.98 Å². The molecule has 0 saturated carbocycles. The molecule has 0 aliphatic rings. The average molecular weight is 394 g/mol. The van der Waals surface area contributed by atoms with Crippen molar-refractivity contribution in [1.29, 1.82) is 0 Å². The molecule has 0 saturated heterocycles. The molecule has 2 aromatic carbocycles. The predicted octanol–water partition coefficient (Wildman–Crippen LogP) is 5.80. The van der Waals surface area contributed by atoms with Gasteiger partial charge in [0, 0.05) is 15.8 Å². The van der Waals surface area contributed by atoms with Crippen LogP contribution in [0.4, 0.5) is 18.3 Å². The molecule has 0 aliphatic carbocycles. The van der Waals surface area contributed by atoms with Crippen molar-refractivity contribution >= 4 is 34.1 Å². The Morgan fingerprint density at radius 3 is 2.46 bits per heavy atom. The van der Waals surface area contributed by atoms with Crippen molar-refractivity contribution in [2.24, 2.45) is 0 Å². The zero-order chi connectivity index (χ0) is 18.7. The van der Waals surface area contributed by atoms with Gasteiger partial charge in [-0.3, -0.25) is 10.1 Å². The summed E-state index contributed by atoms with van der Waals surface area (Å²) in [6, 6.07) is 12.4. The predicted molar refractivity (Wildman–Crippen MR) is 98.7 cm³/mol. The number of hydrogen-bond acceptors (Lipinski definition) is 4. The first-order valence-electron chi connectivity index (χ1n) is 7.46. The third-order valence-electron chi connectivity index (χ3n) is 3.59. The van der Waals surface area contributed by atoms with Crippen LogP contribution < -0.4 is 5.32 Å². The lowest BCUT2D eigenvalue weighted by atomic mass is 10.1. The summed E-state index contributed by atoms with van der Waals surface area (Å²) in [7, 11) is 0. The van der Waals surface area contributed by atoms with Crippen LogP contribution >= 0.6 is 23.1 Å². The molecule has 1 amide bonds. The molecule has 0 spiro atoms. The second-order valence-corrected chi connectivity index (χ2v) is 7.00. The Balaban J connectivity index is 1.80. The van der Waals surface area contributed by atoms with Crippen molar-refractivity contribution < 1.29 is 18.0 Å². The fourth-order valence-corrected chi connectivity index (χ4v) is 3.44. The highest BCUT2D eigenvalue weighted by Gasteiger charge is 2.34. The van der Waals surface area contributed by atoms with Crippen LogP contribution in [0.5, 0.6) is 0 Å². The Kier molecular flexibility index (Phi) is 5.33. The van der Waals surface area contributed by atoms with Crippen LogP contribution in [0, 0.1) is 0 Å². The molecule has 1 heterocycles. The second kappa shape index (κ2) is 7.51. The fraction of sp³-hybridized carbons (Fsp3) is 0.111. The summed E-state index contributed by atoms with van der Waals surface area (Å²) < 4.78 is 39.1. The molecule has 0 aliphatic heterocycles. The number of hydrogen-bond donors (Lipinski definition) is 1. The van der Waals surface area contributed by atoms with Crippen molar-refractivity contribution in [3.05, 3.63) is 65.0 Å². The third-order valence-corrected chi connectivity index (χ3v) is 5.09. The summed E-state index contributed by atoms with van der Waals surface area (Å²) in [4.78, 5) is 17.7. The van der Waals surface area contributed by atoms with E-state index in [4.69, 9.17) is 0 Å². The van der Waals surface area contributed by atoms with Gasteiger partial charge in [0.15, 0.2) is 5.13 Å². The number of anilines is 1. The summed E-state index contributed by atoms with van der Waals surface area (Å²) in [6.45, 7) is 0. The minimum Gasteiger partial charge on any atom is -0.298 e. The number of thiazole rings is 1. The first-order valence-corrected chi connectivity index (χ1v) is 9.56. The molecule has 3 rings (SSSR count). The highest BCUT2D eigenvalue weighted by atomic mass is 32.2. The van der Waals surface area contributed by atoms with E-state index < -0.39 is 23.2 Å². The van der Waals surface area contributed by atoms with E-state index in [1.165, 1.54) is 12.1 Å². The number of nitrogens with one attached hydrogen (secondary N) is 1. The number of amides is 1. The van der Waals surface area contributed by atoms with Gasteiger partial charge in [0.1, 0.15) is 0 Å². The topological polar surface area (TPSA) is 42.0 Å². The number of halogens is 3. The standard InChI is InChI=1S/C18H13F3N2OS2/c1-25-12-8-6-11(7-9-12)15-10-26-17(22-15)23-16(24)13-4-2-3-5-14(13)18(19,20)21/h2-10H,1H3,(H,22,23,24). The number of nitrogens with zero attached hydrogens (tertiary/aromatic N) is 1. The summed E-state index contributed by atoms with van der Waals surface area (Å²) in [5.41, 5.74) is 0.125. The number of rotatable bonds is 4. The average Bonchev–Trinajstić information content (AvgIpc) is 3.09. The van der Waals surface area contributed by atoms with Crippen molar-refractivity contribution in [2.75, 3.05) is 11.6 Å². The van der Waals surface area contributed by atoms with Gasteiger partial charge in [-0.2, -0.15) is 13.2 Å². The number of aromatic nitrogens is 1. The maximum absolute atomic E-state index is 13.0. The van der Waals surface area contributed by atoms with Gasteiger partial charge in [-0.25, -0.2) is 4.98 Å². The number of carbonyl (C=O) groups is 1. The summed E-state index contributed by atoms with van der Waals surface area (Å²) in [5, 5.41) is 4.44. The van der Waals surface area contributed by atoms with Gasteiger partial charge in [-0.05, 0) is 30.5 Å². The van der Waals surface area contributed by atoms with Crippen molar-refractivity contribution in [2.45, 2.75) is 11.1 Å². The maximum atomic E-state index is 13.0. The van der Waals surface area contributed by atoms with Crippen LogP contribution in [0.1, 0.15) is 15.9 Å². The van der Waals surface area contributed by atoms with Gasteiger partial charge >= 0.3 is 6.18 Å². The minimum atomic E-state index is -4.60.